The molecule has 2 aliphatic heterocycles. The molecule has 2 heterocycles. The summed E-state index contributed by atoms with van der Waals surface area (Å²) in [5.74, 6) is -1.06. The van der Waals surface area contributed by atoms with Gasteiger partial charge in [0.15, 0.2) is 0 Å². The van der Waals surface area contributed by atoms with Crippen LogP contribution in [-0.2, 0) is 20.8 Å². The van der Waals surface area contributed by atoms with Gasteiger partial charge in [-0.3, -0.25) is 24.1 Å². The Morgan fingerprint density at radius 2 is 1.60 bits per heavy atom. The van der Waals surface area contributed by atoms with E-state index in [1.807, 2.05) is 30.3 Å². The standard InChI is InChI=1S/C27H24N4O4/c32-24(14-11-19-15-18-5-1-2-6-21(18)30-26(19)34)28-20-12-9-17(10-13-20)27(35)31-16-25(33)29-22-7-3-4-8-23(22)31/h1-10,12-13,19H,11,14-16H2,(H,28,32)(H,29,33)(H,30,34). The number of nitrogens with zero attached hydrogens (tertiary/aromatic N) is 1. The molecular formula is C27H24N4O4. The van der Waals surface area contributed by atoms with Crippen LogP contribution in [0.25, 0.3) is 0 Å². The molecule has 1 unspecified atom stereocenters. The summed E-state index contributed by atoms with van der Waals surface area (Å²) in [5.41, 5.74) is 4.11. The molecule has 0 aromatic heterocycles. The molecule has 0 spiro atoms. The lowest BCUT2D eigenvalue weighted by Gasteiger charge is -2.29. The van der Waals surface area contributed by atoms with Crippen LogP contribution in [0.15, 0.2) is 72.8 Å². The topological polar surface area (TPSA) is 108 Å². The van der Waals surface area contributed by atoms with Gasteiger partial charge in [-0.15, -0.1) is 0 Å². The van der Waals surface area contributed by atoms with Crippen molar-refractivity contribution in [2.75, 3.05) is 27.4 Å². The molecule has 2 aliphatic rings. The molecule has 0 aliphatic carbocycles. The largest absolute Gasteiger partial charge is 0.326 e. The summed E-state index contributed by atoms with van der Waals surface area (Å²) < 4.78 is 0. The minimum Gasteiger partial charge on any atom is -0.326 e. The number of para-hydroxylation sites is 3. The summed E-state index contributed by atoms with van der Waals surface area (Å²) in [5, 5.41) is 8.49. The Kier molecular flexibility index (Phi) is 6.01. The fourth-order valence-electron chi connectivity index (χ4n) is 4.44. The van der Waals surface area contributed by atoms with Crippen LogP contribution in [0.2, 0.25) is 0 Å². The third-order valence-corrected chi connectivity index (χ3v) is 6.26. The number of benzene rings is 3. The highest BCUT2D eigenvalue weighted by molar-refractivity contribution is 6.15. The van der Waals surface area contributed by atoms with Crippen molar-refractivity contribution in [3.05, 3.63) is 83.9 Å². The van der Waals surface area contributed by atoms with Gasteiger partial charge in [-0.1, -0.05) is 30.3 Å². The van der Waals surface area contributed by atoms with Crippen LogP contribution < -0.4 is 20.9 Å². The van der Waals surface area contributed by atoms with E-state index in [0.29, 0.717) is 35.5 Å². The molecule has 176 valence electrons. The minimum absolute atomic E-state index is 0.0620. The van der Waals surface area contributed by atoms with Gasteiger partial charge in [0.05, 0.1) is 11.4 Å². The van der Waals surface area contributed by atoms with Crippen LogP contribution in [0.5, 0.6) is 0 Å². The predicted octanol–water partition coefficient (Wildman–Crippen LogP) is 3.82. The Hall–Kier alpha value is -4.46. The van der Waals surface area contributed by atoms with Crippen LogP contribution in [0, 0.1) is 5.92 Å². The fourth-order valence-corrected chi connectivity index (χ4v) is 4.44. The molecule has 1 atom stereocenters. The fraction of sp³-hybridized carbons (Fsp3) is 0.185. The maximum absolute atomic E-state index is 13.1. The van der Waals surface area contributed by atoms with E-state index in [2.05, 4.69) is 16.0 Å². The van der Waals surface area contributed by atoms with E-state index in [1.165, 1.54) is 4.90 Å². The van der Waals surface area contributed by atoms with Crippen molar-refractivity contribution >= 4 is 46.4 Å². The molecule has 0 radical (unpaired) electrons. The van der Waals surface area contributed by atoms with Gasteiger partial charge >= 0.3 is 0 Å². The molecule has 8 nitrogen and oxygen atoms in total. The first-order chi connectivity index (χ1) is 17.0. The molecule has 0 fully saturated rings. The predicted molar refractivity (Wildman–Crippen MR) is 133 cm³/mol. The van der Waals surface area contributed by atoms with Gasteiger partial charge in [-0.05, 0) is 60.9 Å². The molecule has 3 N–H and O–H groups in total. The number of rotatable bonds is 5. The molecular weight excluding hydrogens is 444 g/mol. The summed E-state index contributed by atoms with van der Waals surface area (Å²) in [6.07, 6.45) is 1.27. The van der Waals surface area contributed by atoms with E-state index >= 15 is 0 Å². The highest BCUT2D eigenvalue weighted by Gasteiger charge is 2.28. The average molecular weight is 469 g/mol. The first-order valence-electron chi connectivity index (χ1n) is 11.5. The Morgan fingerprint density at radius 1 is 0.886 bits per heavy atom. The van der Waals surface area contributed by atoms with Gasteiger partial charge in [0.25, 0.3) is 5.91 Å². The molecule has 4 amide bonds. The normalized spacial score (nSPS) is 16.5. The molecule has 0 bridgehead atoms. The average Bonchev–Trinajstić information content (AvgIpc) is 2.87. The van der Waals surface area contributed by atoms with Gasteiger partial charge in [0, 0.05) is 29.3 Å². The zero-order valence-electron chi connectivity index (χ0n) is 18.9. The lowest BCUT2D eigenvalue weighted by molar-refractivity contribution is -0.121. The SMILES string of the molecule is O=C(CCC1Cc2ccccc2NC1=O)Nc1ccc(C(=O)N2CC(=O)Nc3ccccc32)cc1. The summed E-state index contributed by atoms with van der Waals surface area (Å²) in [6.45, 7) is -0.0620. The summed E-state index contributed by atoms with van der Waals surface area (Å²) in [7, 11) is 0. The number of anilines is 4. The highest BCUT2D eigenvalue weighted by Crippen LogP contribution is 2.30. The van der Waals surface area contributed by atoms with Crippen LogP contribution in [-0.4, -0.2) is 30.2 Å². The third-order valence-electron chi connectivity index (χ3n) is 6.26. The number of hydrogen-bond donors (Lipinski definition) is 3. The Labute approximate surface area is 202 Å². The van der Waals surface area contributed by atoms with Crippen LogP contribution in [0.4, 0.5) is 22.7 Å². The maximum Gasteiger partial charge on any atom is 0.258 e. The van der Waals surface area contributed by atoms with E-state index in [0.717, 1.165) is 11.3 Å². The molecule has 3 aromatic rings. The summed E-state index contributed by atoms with van der Waals surface area (Å²) in [4.78, 5) is 51.4. The lowest BCUT2D eigenvalue weighted by atomic mass is 9.89. The molecule has 0 saturated heterocycles. The van der Waals surface area contributed by atoms with Crippen LogP contribution in [0.3, 0.4) is 0 Å². The third kappa shape index (κ3) is 4.77. The van der Waals surface area contributed by atoms with Crippen LogP contribution >= 0.6 is 0 Å². The van der Waals surface area contributed by atoms with Crippen molar-refractivity contribution in [3.8, 4) is 0 Å². The summed E-state index contributed by atoms with van der Waals surface area (Å²) >= 11 is 0. The first kappa shape index (κ1) is 22.3. The van der Waals surface area contributed by atoms with E-state index in [4.69, 9.17) is 0 Å². The van der Waals surface area contributed by atoms with Crippen LogP contribution in [0.1, 0.15) is 28.8 Å². The Bertz CT molecular complexity index is 1320. The number of amides is 4. The maximum atomic E-state index is 13.1. The number of hydrogen-bond acceptors (Lipinski definition) is 4. The van der Waals surface area contributed by atoms with E-state index in [-0.39, 0.29) is 42.5 Å². The van der Waals surface area contributed by atoms with Crippen molar-refractivity contribution in [1.82, 2.24) is 0 Å². The molecule has 5 rings (SSSR count). The highest BCUT2D eigenvalue weighted by atomic mass is 16.2. The Morgan fingerprint density at radius 3 is 2.40 bits per heavy atom. The van der Waals surface area contributed by atoms with E-state index in [1.54, 1.807) is 42.5 Å². The van der Waals surface area contributed by atoms with Gasteiger partial charge in [0.1, 0.15) is 6.54 Å². The first-order valence-corrected chi connectivity index (χ1v) is 11.5. The number of carbonyl (C=O) groups is 4. The molecule has 0 saturated carbocycles. The second kappa shape index (κ2) is 9.42. The van der Waals surface area contributed by atoms with Crippen molar-refractivity contribution in [2.45, 2.75) is 19.3 Å². The van der Waals surface area contributed by atoms with Gasteiger partial charge in [-0.25, -0.2) is 0 Å². The van der Waals surface area contributed by atoms with E-state index in [9.17, 15) is 19.2 Å². The van der Waals surface area contributed by atoms with Crippen molar-refractivity contribution < 1.29 is 19.2 Å². The number of fused-ring (bicyclic) bond motifs is 2. The minimum atomic E-state index is -0.297. The Balaban J connectivity index is 1.18. The van der Waals surface area contributed by atoms with Gasteiger partial charge in [0.2, 0.25) is 17.7 Å². The zero-order chi connectivity index (χ0) is 24.4. The van der Waals surface area contributed by atoms with Crippen molar-refractivity contribution in [1.29, 1.82) is 0 Å². The van der Waals surface area contributed by atoms with Crippen molar-refractivity contribution in [3.63, 3.8) is 0 Å². The zero-order valence-corrected chi connectivity index (χ0v) is 18.9. The quantitative estimate of drug-likeness (QED) is 0.529. The monoisotopic (exact) mass is 468 g/mol. The van der Waals surface area contributed by atoms with E-state index < -0.39 is 0 Å². The van der Waals surface area contributed by atoms with Crippen molar-refractivity contribution in [2.24, 2.45) is 5.92 Å². The molecule has 35 heavy (non-hydrogen) atoms. The smallest absolute Gasteiger partial charge is 0.258 e. The molecule has 3 aromatic carbocycles. The lowest BCUT2D eigenvalue weighted by Crippen LogP contribution is -2.42. The number of carbonyl (C=O) groups excluding carboxylic acids is 4. The van der Waals surface area contributed by atoms with Gasteiger partial charge in [-0.2, -0.15) is 0 Å². The van der Waals surface area contributed by atoms with Gasteiger partial charge < -0.3 is 16.0 Å². The molecule has 8 heteroatoms. The second-order valence-corrected chi connectivity index (χ2v) is 8.67. The summed E-state index contributed by atoms with van der Waals surface area (Å²) in [6, 6.07) is 21.4. The second-order valence-electron chi connectivity index (χ2n) is 8.67. The number of nitrogens with one attached hydrogen (secondary N) is 3.